The summed E-state index contributed by atoms with van der Waals surface area (Å²) in [6.45, 7) is 3.61. The Morgan fingerprint density at radius 3 is 2.93 bits per heavy atom. The number of nitrogens with zero attached hydrogens (tertiary/aromatic N) is 1. The number of carbonyl (C=O) groups is 2. The SMILES string of the molecule is [CH2-]CC(=O)N1CC(=O)Nc2ccccc21. The van der Waals surface area contributed by atoms with Crippen LogP contribution in [0.25, 0.3) is 0 Å². The van der Waals surface area contributed by atoms with Crippen LogP contribution >= 0.6 is 0 Å². The molecule has 1 aromatic rings. The molecule has 0 aliphatic carbocycles. The maximum atomic E-state index is 11.6. The molecule has 0 spiro atoms. The molecule has 0 aromatic heterocycles. The molecular weight excluding hydrogens is 192 g/mol. The number of hydrogen-bond donors (Lipinski definition) is 1. The topological polar surface area (TPSA) is 49.4 Å². The highest BCUT2D eigenvalue weighted by molar-refractivity contribution is 6.09. The number of amides is 2. The van der Waals surface area contributed by atoms with Crippen molar-refractivity contribution in [2.75, 3.05) is 16.8 Å². The molecule has 4 nitrogen and oxygen atoms in total. The first-order valence-electron chi connectivity index (χ1n) is 4.71. The lowest BCUT2D eigenvalue weighted by Crippen LogP contribution is -2.41. The fraction of sp³-hybridized carbons (Fsp3) is 0.182. The molecule has 15 heavy (non-hydrogen) atoms. The molecular formula is C11H11N2O2-. The summed E-state index contributed by atoms with van der Waals surface area (Å²) in [6, 6.07) is 7.23. The molecule has 1 aliphatic rings. The van der Waals surface area contributed by atoms with Gasteiger partial charge in [0.25, 0.3) is 0 Å². The Labute approximate surface area is 87.9 Å². The van der Waals surface area contributed by atoms with Crippen LogP contribution in [-0.4, -0.2) is 18.4 Å². The predicted molar refractivity (Wildman–Crippen MR) is 57.4 cm³/mol. The maximum absolute atomic E-state index is 11.6. The molecule has 0 unspecified atom stereocenters. The molecule has 0 saturated carbocycles. The van der Waals surface area contributed by atoms with Crippen molar-refractivity contribution in [1.29, 1.82) is 0 Å². The van der Waals surface area contributed by atoms with E-state index in [1.54, 1.807) is 6.07 Å². The van der Waals surface area contributed by atoms with Crippen LogP contribution in [0.1, 0.15) is 6.42 Å². The second kappa shape index (κ2) is 3.73. The average molecular weight is 203 g/mol. The number of fused-ring (bicyclic) bond motifs is 1. The Hall–Kier alpha value is -1.84. The number of nitrogens with one attached hydrogen (secondary N) is 1. The third kappa shape index (κ3) is 1.70. The predicted octanol–water partition coefficient (Wildman–Crippen LogP) is 1.20. The van der Waals surface area contributed by atoms with Gasteiger partial charge < -0.3 is 17.1 Å². The van der Waals surface area contributed by atoms with E-state index in [1.807, 2.05) is 18.2 Å². The van der Waals surface area contributed by atoms with Gasteiger partial charge in [0.15, 0.2) is 5.91 Å². The monoisotopic (exact) mass is 203 g/mol. The van der Waals surface area contributed by atoms with Crippen molar-refractivity contribution in [2.24, 2.45) is 0 Å². The lowest BCUT2D eigenvalue weighted by molar-refractivity contribution is -0.121. The van der Waals surface area contributed by atoms with Crippen LogP contribution in [0.3, 0.4) is 0 Å². The fourth-order valence-electron chi connectivity index (χ4n) is 1.59. The Morgan fingerprint density at radius 1 is 1.47 bits per heavy atom. The molecule has 0 bridgehead atoms. The van der Waals surface area contributed by atoms with E-state index >= 15 is 0 Å². The number of benzene rings is 1. The molecule has 0 saturated heterocycles. The van der Waals surface area contributed by atoms with Crippen molar-refractivity contribution in [2.45, 2.75) is 6.42 Å². The first-order chi connectivity index (χ1) is 7.22. The fourth-order valence-corrected chi connectivity index (χ4v) is 1.59. The van der Waals surface area contributed by atoms with E-state index in [2.05, 4.69) is 12.2 Å². The van der Waals surface area contributed by atoms with Gasteiger partial charge in [-0.2, -0.15) is 0 Å². The van der Waals surface area contributed by atoms with Gasteiger partial charge in [-0.15, -0.1) is 6.42 Å². The highest BCUT2D eigenvalue weighted by Crippen LogP contribution is 2.28. The largest absolute Gasteiger partial charge is 0.334 e. The van der Waals surface area contributed by atoms with Crippen LogP contribution in [0.15, 0.2) is 24.3 Å². The van der Waals surface area contributed by atoms with Crippen LogP contribution in [0.4, 0.5) is 11.4 Å². The average Bonchev–Trinajstić information content (AvgIpc) is 2.26. The zero-order valence-electron chi connectivity index (χ0n) is 8.19. The molecule has 1 aromatic carbocycles. The smallest absolute Gasteiger partial charge is 0.244 e. The Morgan fingerprint density at radius 2 is 2.20 bits per heavy atom. The third-order valence-electron chi connectivity index (χ3n) is 2.29. The van der Waals surface area contributed by atoms with Gasteiger partial charge in [0.2, 0.25) is 5.91 Å². The molecule has 2 rings (SSSR count). The molecule has 78 valence electrons. The van der Waals surface area contributed by atoms with Crippen molar-refractivity contribution >= 4 is 23.2 Å². The summed E-state index contributed by atoms with van der Waals surface area (Å²) in [5.74, 6) is -0.312. The minimum Gasteiger partial charge on any atom is -0.334 e. The summed E-state index contributed by atoms with van der Waals surface area (Å²) >= 11 is 0. The summed E-state index contributed by atoms with van der Waals surface area (Å²) in [5, 5.41) is 2.72. The normalized spacial score (nSPS) is 14.5. The summed E-state index contributed by atoms with van der Waals surface area (Å²) < 4.78 is 0. The first kappa shape index (κ1) is 9.71. The van der Waals surface area contributed by atoms with Gasteiger partial charge in [0.1, 0.15) is 6.54 Å². The minimum absolute atomic E-state index is 0.0748. The molecule has 1 N–H and O–H groups in total. The first-order valence-corrected chi connectivity index (χ1v) is 4.71. The zero-order chi connectivity index (χ0) is 10.8. The van der Waals surface area contributed by atoms with E-state index in [0.29, 0.717) is 5.69 Å². The van der Waals surface area contributed by atoms with Crippen molar-refractivity contribution in [1.82, 2.24) is 0 Å². The van der Waals surface area contributed by atoms with Crippen LogP contribution in [-0.2, 0) is 9.59 Å². The Kier molecular flexibility index (Phi) is 2.41. The molecule has 4 heteroatoms. The van der Waals surface area contributed by atoms with Gasteiger partial charge in [-0.1, -0.05) is 12.1 Å². The molecule has 1 heterocycles. The van der Waals surface area contributed by atoms with Gasteiger partial charge >= 0.3 is 0 Å². The molecule has 1 aliphatic heterocycles. The molecule has 2 amide bonds. The van der Waals surface area contributed by atoms with Gasteiger partial charge in [-0.05, 0) is 12.1 Å². The lowest BCUT2D eigenvalue weighted by atomic mass is 10.2. The lowest BCUT2D eigenvalue weighted by Gasteiger charge is -2.29. The number of hydrogen-bond acceptors (Lipinski definition) is 2. The number of carbonyl (C=O) groups excluding carboxylic acids is 2. The van der Waals surface area contributed by atoms with E-state index in [1.165, 1.54) is 4.90 Å². The van der Waals surface area contributed by atoms with Crippen LogP contribution in [0.2, 0.25) is 0 Å². The third-order valence-corrected chi connectivity index (χ3v) is 2.29. The van der Waals surface area contributed by atoms with Crippen LogP contribution in [0.5, 0.6) is 0 Å². The molecule has 0 atom stereocenters. The standard InChI is InChI=1S/C11H11N2O2/c1-2-11(15)13-7-10(14)12-8-5-3-4-6-9(8)13/h3-6H,1-2,7H2,(H,12,14)/q-1. The van der Waals surface area contributed by atoms with Crippen molar-refractivity contribution in [3.63, 3.8) is 0 Å². The maximum Gasteiger partial charge on any atom is 0.244 e. The Bertz CT molecular complexity index is 415. The van der Waals surface area contributed by atoms with Gasteiger partial charge in [0.05, 0.1) is 11.4 Å². The van der Waals surface area contributed by atoms with E-state index in [-0.39, 0.29) is 24.8 Å². The van der Waals surface area contributed by atoms with Crippen LogP contribution < -0.4 is 10.2 Å². The number of rotatable bonds is 1. The van der Waals surface area contributed by atoms with E-state index < -0.39 is 0 Å². The van der Waals surface area contributed by atoms with Gasteiger partial charge in [-0.25, -0.2) is 0 Å². The van der Waals surface area contributed by atoms with Crippen molar-refractivity contribution in [3.05, 3.63) is 31.2 Å². The van der Waals surface area contributed by atoms with Crippen molar-refractivity contribution in [3.8, 4) is 0 Å². The highest BCUT2D eigenvalue weighted by atomic mass is 16.2. The highest BCUT2D eigenvalue weighted by Gasteiger charge is 2.24. The summed E-state index contributed by atoms with van der Waals surface area (Å²) in [6.07, 6.45) is 0.154. The quantitative estimate of drug-likeness (QED) is 0.697. The summed E-state index contributed by atoms with van der Waals surface area (Å²) in [7, 11) is 0. The second-order valence-electron chi connectivity index (χ2n) is 3.30. The number of para-hydroxylation sites is 2. The van der Waals surface area contributed by atoms with Crippen LogP contribution in [0, 0.1) is 6.92 Å². The minimum atomic E-state index is -0.171. The summed E-state index contributed by atoms with van der Waals surface area (Å²) in [5.41, 5.74) is 1.42. The van der Waals surface area contributed by atoms with E-state index in [4.69, 9.17) is 0 Å². The number of anilines is 2. The van der Waals surface area contributed by atoms with E-state index in [9.17, 15) is 9.59 Å². The molecule has 0 radical (unpaired) electrons. The van der Waals surface area contributed by atoms with Gasteiger partial charge in [-0.3, -0.25) is 9.59 Å². The van der Waals surface area contributed by atoms with Crippen molar-refractivity contribution < 1.29 is 9.59 Å². The van der Waals surface area contributed by atoms with E-state index in [0.717, 1.165) is 5.69 Å². The zero-order valence-corrected chi connectivity index (χ0v) is 8.19. The second-order valence-corrected chi connectivity index (χ2v) is 3.30. The Balaban J connectivity index is 2.42. The summed E-state index contributed by atoms with van der Waals surface area (Å²) in [4.78, 5) is 24.3. The van der Waals surface area contributed by atoms with Gasteiger partial charge in [0, 0.05) is 0 Å². The molecule has 0 fully saturated rings.